The Morgan fingerprint density at radius 1 is 1.53 bits per heavy atom. The number of hydrogen-bond acceptors (Lipinski definition) is 6. The summed E-state index contributed by atoms with van der Waals surface area (Å²) in [5, 5.41) is 3.63. The van der Waals surface area contributed by atoms with Crippen LogP contribution in [0.4, 0.5) is 0 Å². The van der Waals surface area contributed by atoms with E-state index in [1.165, 1.54) is 11.8 Å². The summed E-state index contributed by atoms with van der Waals surface area (Å²) in [4.78, 5) is 20.0. The highest BCUT2D eigenvalue weighted by atomic mass is 32.2. The fraction of sp³-hybridized carbons (Fsp3) is 0.545. The molecule has 0 saturated heterocycles. The lowest BCUT2D eigenvalue weighted by molar-refractivity contribution is -0.149. The smallest absolute Gasteiger partial charge is 0.326 e. The molecule has 0 spiro atoms. The predicted octanol–water partition coefficient (Wildman–Crippen LogP) is 1.11. The van der Waals surface area contributed by atoms with E-state index in [9.17, 15) is 4.79 Å². The van der Waals surface area contributed by atoms with Crippen molar-refractivity contribution in [2.75, 3.05) is 19.4 Å². The Bertz CT molecular complexity index is 361. The third kappa shape index (κ3) is 3.98. The van der Waals surface area contributed by atoms with Gasteiger partial charge < -0.3 is 10.1 Å². The highest BCUT2D eigenvalue weighted by Gasteiger charge is 2.33. The number of ether oxygens (including phenoxy) is 1. The molecule has 0 aliphatic heterocycles. The summed E-state index contributed by atoms with van der Waals surface area (Å²) in [6.45, 7) is 3.98. The van der Waals surface area contributed by atoms with Crippen LogP contribution in [0.15, 0.2) is 23.6 Å². The van der Waals surface area contributed by atoms with Crippen molar-refractivity contribution in [1.82, 2.24) is 15.3 Å². The average Bonchev–Trinajstić information content (AvgIpc) is 2.37. The molecule has 5 nitrogen and oxygen atoms in total. The molecule has 6 heteroatoms. The van der Waals surface area contributed by atoms with Crippen molar-refractivity contribution in [2.45, 2.75) is 24.5 Å². The molecular formula is C11H17N3O2S. The SMILES string of the molecule is CCOC(=O)C(C)(CSc1ncccn1)NC. The van der Waals surface area contributed by atoms with Crippen LogP contribution >= 0.6 is 11.8 Å². The normalized spacial score (nSPS) is 14.1. The van der Waals surface area contributed by atoms with Crippen LogP contribution in [0.5, 0.6) is 0 Å². The first-order valence-corrected chi connectivity index (χ1v) is 6.37. The van der Waals surface area contributed by atoms with Gasteiger partial charge in [0.05, 0.1) is 6.61 Å². The molecular weight excluding hydrogens is 238 g/mol. The fourth-order valence-electron chi connectivity index (χ4n) is 1.09. The minimum Gasteiger partial charge on any atom is -0.465 e. The van der Waals surface area contributed by atoms with Crippen LogP contribution in [0.25, 0.3) is 0 Å². The number of nitrogens with zero attached hydrogens (tertiary/aromatic N) is 2. The van der Waals surface area contributed by atoms with E-state index in [-0.39, 0.29) is 5.97 Å². The fourth-order valence-corrected chi connectivity index (χ4v) is 2.04. The van der Waals surface area contributed by atoms with Crippen LogP contribution in [0.1, 0.15) is 13.8 Å². The van der Waals surface area contributed by atoms with Crippen molar-refractivity contribution >= 4 is 17.7 Å². The summed E-state index contributed by atoms with van der Waals surface area (Å²) >= 11 is 1.42. The van der Waals surface area contributed by atoms with Gasteiger partial charge in [0.15, 0.2) is 5.16 Å². The molecule has 0 fully saturated rings. The molecule has 1 unspecified atom stereocenters. The van der Waals surface area contributed by atoms with Crippen molar-refractivity contribution in [2.24, 2.45) is 0 Å². The molecule has 0 amide bonds. The molecule has 17 heavy (non-hydrogen) atoms. The number of aromatic nitrogens is 2. The van der Waals surface area contributed by atoms with Gasteiger partial charge in [-0.3, -0.25) is 4.79 Å². The lowest BCUT2D eigenvalue weighted by atomic mass is 10.1. The minimum absolute atomic E-state index is 0.258. The number of likely N-dealkylation sites (N-methyl/N-ethyl adjacent to an activating group) is 1. The highest BCUT2D eigenvalue weighted by Crippen LogP contribution is 2.19. The molecule has 1 atom stereocenters. The second kappa shape index (κ2) is 6.56. The van der Waals surface area contributed by atoms with Gasteiger partial charge in [0, 0.05) is 18.1 Å². The summed E-state index contributed by atoms with van der Waals surface area (Å²) in [6.07, 6.45) is 3.35. The van der Waals surface area contributed by atoms with Gasteiger partial charge in [-0.1, -0.05) is 11.8 Å². The predicted molar refractivity (Wildman–Crippen MR) is 66.9 cm³/mol. The van der Waals surface area contributed by atoms with E-state index in [0.29, 0.717) is 17.5 Å². The summed E-state index contributed by atoms with van der Waals surface area (Å²) in [5.74, 6) is 0.262. The molecule has 1 aromatic rings. The van der Waals surface area contributed by atoms with Crippen LogP contribution in [-0.2, 0) is 9.53 Å². The van der Waals surface area contributed by atoms with E-state index in [4.69, 9.17) is 4.74 Å². The Hall–Kier alpha value is -1.14. The molecule has 1 rings (SSSR count). The highest BCUT2D eigenvalue weighted by molar-refractivity contribution is 7.99. The monoisotopic (exact) mass is 255 g/mol. The number of hydrogen-bond donors (Lipinski definition) is 1. The van der Waals surface area contributed by atoms with E-state index >= 15 is 0 Å². The average molecular weight is 255 g/mol. The Labute approximate surface area is 105 Å². The van der Waals surface area contributed by atoms with Crippen molar-refractivity contribution in [3.63, 3.8) is 0 Å². The first kappa shape index (κ1) is 13.9. The zero-order chi connectivity index (χ0) is 12.7. The van der Waals surface area contributed by atoms with Crippen molar-refractivity contribution in [1.29, 1.82) is 0 Å². The molecule has 0 aliphatic rings. The molecule has 94 valence electrons. The third-order valence-electron chi connectivity index (χ3n) is 2.31. The maximum Gasteiger partial charge on any atom is 0.326 e. The van der Waals surface area contributed by atoms with Gasteiger partial charge in [-0.25, -0.2) is 9.97 Å². The van der Waals surface area contributed by atoms with Crippen LogP contribution < -0.4 is 5.32 Å². The molecule has 0 aliphatic carbocycles. The zero-order valence-corrected chi connectivity index (χ0v) is 11.1. The lowest BCUT2D eigenvalue weighted by Gasteiger charge is -2.25. The molecule has 0 saturated carbocycles. The Kier molecular flexibility index (Phi) is 5.37. The Balaban J connectivity index is 2.60. The number of nitrogens with one attached hydrogen (secondary N) is 1. The van der Waals surface area contributed by atoms with Gasteiger partial charge in [-0.15, -0.1) is 0 Å². The summed E-state index contributed by atoms with van der Waals surface area (Å²) in [7, 11) is 1.74. The van der Waals surface area contributed by atoms with Gasteiger partial charge in [0.25, 0.3) is 0 Å². The molecule has 1 aromatic heterocycles. The topological polar surface area (TPSA) is 64.1 Å². The van der Waals surface area contributed by atoms with E-state index in [2.05, 4.69) is 15.3 Å². The number of thioether (sulfide) groups is 1. The van der Waals surface area contributed by atoms with Gasteiger partial charge in [-0.2, -0.15) is 0 Å². The maximum atomic E-state index is 11.8. The van der Waals surface area contributed by atoms with Gasteiger partial charge >= 0.3 is 5.97 Å². The van der Waals surface area contributed by atoms with Crippen LogP contribution in [-0.4, -0.2) is 40.9 Å². The first-order chi connectivity index (χ1) is 8.12. The summed E-state index contributed by atoms with van der Waals surface area (Å²) < 4.78 is 5.03. The van der Waals surface area contributed by atoms with Crippen molar-refractivity contribution < 1.29 is 9.53 Å². The summed E-state index contributed by atoms with van der Waals surface area (Å²) in [6, 6.07) is 1.76. The second-order valence-electron chi connectivity index (χ2n) is 3.62. The van der Waals surface area contributed by atoms with Gasteiger partial charge in [-0.05, 0) is 27.0 Å². The van der Waals surface area contributed by atoms with Gasteiger partial charge in [0.1, 0.15) is 5.54 Å². The third-order valence-corrected chi connectivity index (χ3v) is 3.50. The number of carbonyl (C=O) groups excluding carboxylic acids is 1. The van der Waals surface area contributed by atoms with E-state index < -0.39 is 5.54 Å². The van der Waals surface area contributed by atoms with E-state index in [1.54, 1.807) is 39.4 Å². The van der Waals surface area contributed by atoms with Gasteiger partial charge in [0.2, 0.25) is 0 Å². The van der Waals surface area contributed by atoms with Crippen LogP contribution in [0.2, 0.25) is 0 Å². The molecule has 1 N–H and O–H groups in total. The minimum atomic E-state index is -0.722. The molecule has 0 bridgehead atoms. The first-order valence-electron chi connectivity index (χ1n) is 5.38. The van der Waals surface area contributed by atoms with E-state index in [0.717, 1.165) is 0 Å². The lowest BCUT2D eigenvalue weighted by Crippen LogP contribution is -2.50. The standard InChI is InChI=1S/C11H17N3O2S/c1-4-16-9(15)11(2,12-3)8-17-10-13-6-5-7-14-10/h5-7,12H,4,8H2,1-3H3. The van der Waals surface area contributed by atoms with Crippen LogP contribution in [0, 0.1) is 0 Å². The number of rotatable bonds is 6. The van der Waals surface area contributed by atoms with Crippen molar-refractivity contribution in [3.05, 3.63) is 18.5 Å². The largest absolute Gasteiger partial charge is 0.465 e. The van der Waals surface area contributed by atoms with Crippen LogP contribution in [0.3, 0.4) is 0 Å². The van der Waals surface area contributed by atoms with Crippen molar-refractivity contribution in [3.8, 4) is 0 Å². The maximum absolute atomic E-state index is 11.8. The quantitative estimate of drug-likeness (QED) is 0.467. The Morgan fingerprint density at radius 2 is 2.18 bits per heavy atom. The summed E-state index contributed by atoms with van der Waals surface area (Å²) in [5.41, 5.74) is -0.722. The molecule has 0 aromatic carbocycles. The number of esters is 1. The molecule has 1 heterocycles. The second-order valence-corrected chi connectivity index (χ2v) is 4.57. The zero-order valence-electron chi connectivity index (χ0n) is 10.3. The van der Waals surface area contributed by atoms with E-state index in [1.807, 2.05) is 0 Å². The Morgan fingerprint density at radius 3 is 2.71 bits per heavy atom. The number of carbonyl (C=O) groups is 1. The molecule has 0 radical (unpaired) electrons.